The molecule has 2 bridgehead atoms. The van der Waals surface area contributed by atoms with Crippen molar-refractivity contribution in [3.63, 3.8) is 0 Å². The van der Waals surface area contributed by atoms with E-state index in [0.29, 0.717) is 5.92 Å². The third-order valence-corrected chi connectivity index (χ3v) is 6.64. The highest BCUT2D eigenvalue weighted by Gasteiger charge is 2.48. The minimum Gasteiger partial charge on any atom is -0.346 e. The normalized spacial score (nSPS) is 29.6. The zero-order chi connectivity index (χ0) is 15.3. The zero-order valence-corrected chi connectivity index (χ0v) is 14.0. The van der Waals surface area contributed by atoms with E-state index in [1.807, 2.05) is 18.2 Å². The Hall–Kier alpha value is -1.39. The fourth-order valence-corrected chi connectivity index (χ4v) is 5.15. The van der Waals surface area contributed by atoms with Crippen LogP contribution in [0.4, 0.5) is 0 Å². The second kappa shape index (κ2) is 5.07. The van der Waals surface area contributed by atoms with Gasteiger partial charge in [-0.05, 0) is 63.2 Å². The topological polar surface area (TPSA) is 32.3 Å². The Labute approximate surface area is 135 Å². The van der Waals surface area contributed by atoms with Crippen molar-refractivity contribution in [2.24, 2.45) is 5.92 Å². The van der Waals surface area contributed by atoms with Crippen LogP contribution in [0, 0.1) is 5.92 Å². The number of fused-ring (bicyclic) bond motifs is 4. The highest BCUT2D eigenvalue weighted by Crippen LogP contribution is 2.39. The number of benzene rings is 1. The maximum Gasteiger partial charge on any atom is 0.261 e. The number of hydrogen-bond acceptors (Lipinski definition) is 3. The largest absolute Gasteiger partial charge is 0.346 e. The predicted molar refractivity (Wildman–Crippen MR) is 91.5 cm³/mol. The van der Waals surface area contributed by atoms with Crippen LogP contribution in [-0.2, 0) is 0 Å². The molecule has 1 N–H and O–H groups in total. The van der Waals surface area contributed by atoms with Crippen molar-refractivity contribution in [3.8, 4) is 0 Å². The minimum atomic E-state index is 0.0630. The highest BCUT2D eigenvalue weighted by atomic mass is 32.1. The lowest BCUT2D eigenvalue weighted by Gasteiger charge is -2.56. The van der Waals surface area contributed by atoms with Gasteiger partial charge in [0, 0.05) is 16.3 Å². The van der Waals surface area contributed by atoms with E-state index < -0.39 is 0 Å². The van der Waals surface area contributed by atoms with Gasteiger partial charge in [0.25, 0.3) is 5.91 Å². The number of carbonyl (C=O) groups is 1. The van der Waals surface area contributed by atoms with Crippen LogP contribution in [0.2, 0.25) is 0 Å². The first-order chi connectivity index (χ1) is 10.6. The average Bonchev–Trinajstić information content (AvgIpc) is 2.95. The van der Waals surface area contributed by atoms with Crippen LogP contribution >= 0.6 is 11.3 Å². The van der Waals surface area contributed by atoms with Crippen LogP contribution in [-0.4, -0.2) is 35.5 Å². The summed E-state index contributed by atoms with van der Waals surface area (Å²) in [6.07, 6.45) is 2.42. The van der Waals surface area contributed by atoms with Gasteiger partial charge < -0.3 is 5.32 Å². The number of thiophene rings is 1. The van der Waals surface area contributed by atoms with Crippen LogP contribution in [0.5, 0.6) is 0 Å². The molecule has 3 fully saturated rings. The summed E-state index contributed by atoms with van der Waals surface area (Å²) in [5.41, 5.74) is 0.0630. The molecule has 4 heterocycles. The molecule has 0 saturated carbocycles. The molecule has 3 saturated heterocycles. The Balaban J connectivity index is 1.58. The molecule has 3 aliphatic rings. The lowest BCUT2D eigenvalue weighted by Crippen LogP contribution is -2.69. The smallest absolute Gasteiger partial charge is 0.261 e. The molecule has 22 heavy (non-hydrogen) atoms. The van der Waals surface area contributed by atoms with Crippen molar-refractivity contribution >= 4 is 27.3 Å². The van der Waals surface area contributed by atoms with Gasteiger partial charge in [-0.3, -0.25) is 9.69 Å². The van der Waals surface area contributed by atoms with E-state index in [0.717, 1.165) is 10.3 Å². The molecule has 1 atom stereocenters. The Morgan fingerprint density at radius 3 is 2.68 bits per heavy atom. The molecule has 3 aliphatic heterocycles. The SMILES string of the molecule is CC1(C)[C@H](NC(=O)c2cc3ccccc3s2)C2CCN1CC2. The summed E-state index contributed by atoms with van der Waals surface area (Å²) < 4.78 is 1.18. The Morgan fingerprint density at radius 2 is 2.00 bits per heavy atom. The molecule has 116 valence electrons. The standard InChI is InChI=1S/C18H22N2OS/c1-18(2)16(12-7-9-20(18)10-8-12)19-17(21)15-11-13-5-3-4-6-14(13)22-15/h3-6,11-12,16H,7-10H2,1-2H3,(H,19,21)/t16-/m1/s1. The van der Waals surface area contributed by atoms with Gasteiger partial charge in [0.05, 0.1) is 4.88 Å². The summed E-state index contributed by atoms with van der Waals surface area (Å²) >= 11 is 1.59. The van der Waals surface area contributed by atoms with Gasteiger partial charge in [0.2, 0.25) is 0 Å². The molecule has 3 nitrogen and oxygen atoms in total. The van der Waals surface area contributed by atoms with Crippen LogP contribution in [0.25, 0.3) is 10.1 Å². The van der Waals surface area contributed by atoms with Crippen molar-refractivity contribution in [2.45, 2.75) is 38.3 Å². The molecule has 2 aromatic rings. The molecule has 0 radical (unpaired) electrons. The quantitative estimate of drug-likeness (QED) is 0.920. The predicted octanol–water partition coefficient (Wildman–Crippen LogP) is 3.50. The molecule has 4 heteroatoms. The van der Waals surface area contributed by atoms with E-state index >= 15 is 0 Å². The van der Waals surface area contributed by atoms with Crippen molar-refractivity contribution in [1.82, 2.24) is 10.2 Å². The number of nitrogens with one attached hydrogen (secondary N) is 1. The molecular weight excluding hydrogens is 292 g/mol. The van der Waals surface area contributed by atoms with Gasteiger partial charge >= 0.3 is 0 Å². The molecule has 0 aliphatic carbocycles. The third-order valence-electron chi connectivity index (χ3n) is 5.52. The summed E-state index contributed by atoms with van der Waals surface area (Å²) in [5, 5.41) is 4.51. The van der Waals surface area contributed by atoms with E-state index in [-0.39, 0.29) is 17.5 Å². The zero-order valence-electron chi connectivity index (χ0n) is 13.1. The van der Waals surface area contributed by atoms with Crippen molar-refractivity contribution in [1.29, 1.82) is 0 Å². The van der Waals surface area contributed by atoms with Gasteiger partial charge in [-0.2, -0.15) is 0 Å². The lowest BCUT2D eigenvalue weighted by molar-refractivity contribution is -0.0377. The first-order valence-electron chi connectivity index (χ1n) is 8.10. The van der Waals surface area contributed by atoms with Crippen molar-refractivity contribution in [3.05, 3.63) is 35.2 Å². The van der Waals surface area contributed by atoms with Gasteiger partial charge in [-0.25, -0.2) is 0 Å². The first-order valence-corrected chi connectivity index (χ1v) is 8.92. The Bertz CT molecular complexity index is 680. The molecule has 1 amide bonds. The van der Waals surface area contributed by atoms with Gasteiger partial charge in [0.1, 0.15) is 0 Å². The second-order valence-corrected chi connectivity index (χ2v) is 8.16. The van der Waals surface area contributed by atoms with Gasteiger partial charge in [-0.1, -0.05) is 18.2 Å². The molecule has 0 unspecified atom stereocenters. The third kappa shape index (κ3) is 2.17. The fourth-order valence-electron chi connectivity index (χ4n) is 4.18. The number of nitrogens with zero attached hydrogens (tertiary/aromatic N) is 1. The number of amides is 1. The van der Waals surface area contributed by atoms with Crippen LogP contribution in [0.15, 0.2) is 30.3 Å². The molecule has 0 spiro atoms. The monoisotopic (exact) mass is 314 g/mol. The summed E-state index contributed by atoms with van der Waals surface area (Å²) in [5.74, 6) is 0.714. The van der Waals surface area contributed by atoms with E-state index in [4.69, 9.17) is 0 Å². The molecule has 1 aromatic heterocycles. The Morgan fingerprint density at radius 1 is 1.27 bits per heavy atom. The highest BCUT2D eigenvalue weighted by molar-refractivity contribution is 7.20. The number of piperidine rings is 3. The van der Waals surface area contributed by atoms with Crippen LogP contribution in [0.1, 0.15) is 36.4 Å². The maximum atomic E-state index is 12.7. The van der Waals surface area contributed by atoms with Gasteiger partial charge in [-0.15, -0.1) is 11.3 Å². The summed E-state index contributed by atoms with van der Waals surface area (Å²) in [7, 11) is 0. The minimum absolute atomic E-state index is 0.0630. The van der Waals surface area contributed by atoms with E-state index in [9.17, 15) is 4.79 Å². The fraction of sp³-hybridized carbons (Fsp3) is 0.500. The molecular formula is C18H22N2OS. The molecule has 5 rings (SSSR count). The Kier molecular flexibility index (Phi) is 3.27. The van der Waals surface area contributed by atoms with Crippen molar-refractivity contribution < 1.29 is 4.79 Å². The summed E-state index contributed by atoms with van der Waals surface area (Å²) in [6.45, 7) is 6.89. The van der Waals surface area contributed by atoms with Gasteiger partial charge in [0.15, 0.2) is 0 Å². The van der Waals surface area contributed by atoms with Crippen LogP contribution in [0.3, 0.4) is 0 Å². The summed E-state index contributed by atoms with van der Waals surface area (Å²) in [4.78, 5) is 16.1. The summed E-state index contributed by atoms with van der Waals surface area (Å²) in [6, 6.07) is 10.5. The van der Waals surface area contributed by atoms with Crippen molar-refractivity contribution in [2.75, 3.05) is 13.1 Å². The average molecular weight is 314 g/mol. The van der Waals surface area contributed by atoms with E-state index in [1.165, 1.54) is 30.6 Å². The number of carbonyl (C=O) groups excluding carboxylic acids is 1. The second-order valence-electron chi connectivity index (χ2n) is 7.08. The van der Waals surface area contributed by atoms with Crippen LogP contribution < -0.4 is 5.32 Å². The number of hydrogen-bond donors (Lipinski definition) is 1. The maximum absolute atomic E-state index is 12.7. The van der Waals surface area contributed by atoms with E-state index in [2.05, 4.69) is 36.2 Å². The number of rotatable bonds is 2. The molecule has 1 aromatic carbocycles. The lowest BCUT2D eigenvalue weighted by atomic mass is 9.72. The first kappa shape index (κ1) is 14.2. The van der Waals surface area contributed by atoms with E-state index in [1.54, 1.807) is 11.3 Å².